The van der Waals surface area contributed by atoms with Crippen LogP contribution < -0.4 is 5.32 Å². The summed E-state index contributed by atoms with van der Waals surface area (Å²) in [6.07, 6.45) is 8.01. The highest BCUT2D eigenvalue weighted by Gasteiger charge is 2.68. The highest BCUT2D eigenvalue weighted by Crippen LogP contribution is 2.70. The lowest BCUT2D eigenvalue weighted by atomic mass is 9.38. The summed E-state index contributed by atoms with van der Waals surface area (Å²) in [7, 11) is 0. The van der Waals surface area contributed by atoms with Crippen molar-refractivity contribution < 1.29 is 14.6 Å². The third-order valence-corrected chi connectivity index (χ3v) is 8.49. The monoisotopic (exact) mass is 397 g/mol. The summed E-state index contributed by atoms with van der Waals surface area (Å²) in [6.45, 7) is 7.23. The fourth-order valence-electron chi connectivity index (χ4n) is 8.50. The van der Waals surface area contributed by atoms with E-state index >= 15 is 0 Å². The summed E-state index contributed by atoms with van der Waals surface area (Å²) in [6, 6.07) is 10.7. The number of rotatable bonds is 6. The molecule has 1 heterocycles. The Morgan fingerprint density at radius 1 is 1.03 bits per heavy atom. The molecule has 5 aliphatic rings. The van der Waals surface area contributed by atoms with E-state index in [0.717, 1.165) is 64.7 Å². The van der Waals surface area contributed by atoms with Crippen LogP contribution in [-0.2, 0) is 16.0 Å². The van der Waals surface area contributed by atoms with Gasteiger partial charge in [-0.05, 0) is 67.8 Å². The molecule has 4 aliphatic carbocycles. The first-order valence-electron chi connectivity index (χ1n) is 11.3. The molecule has 6 rings (SSSR count). The van der Waals surface area contributed by atoms with Crippen LogP contribution in [-0.4, -0.2) is 36.4 Å². The molecule has 0 aromatic heterocycles. The molecule has 0 radical (unpaired) electrons. The Morgan fingerprint density at radius 3 is 2.31 bits per heavy atom. The lowest BCUT2D eigenvalue weighted by molar-refractivity contribution is -0.194. The molecule has 1 aromatic carbocycles. The Balaban J connectivity index is 1.40. The molecule has 4 bridgehead atoms. The van der Waals surface area contributed by atoms with Gasteiger partial charge in [-0.25, -0.2) is 0 Å². The van der Waals surface area contributed by atoms with Crippen molar-refractivity contribution in [1.29, 1.82) is 0 Å². The van der Waals surface area contributed by atoms with Gasteiger partial charge < -0.3 is 15.2 Å². The highest BCUT2D eigenvalue weighted by molar-refractivity contribution is 5.76. The van der Waals surface area contributed by atoms with Crippen molar-refractivity contribution in [2.24, 2.45) is 21.7 Å². The van der Waals surface area contributed by atoms with Crippen molar-refractivity contribution in [3.63, 3.8) is 0 Å². The van der Waals surface area contributed by atoms with Crippen LogP contribution in [0.1, 0.15) is 64.4 Å². The third kappa shape index (κ3) is 3.33. The zero-order valence-electron chi connectivity index (χ0n) is 17.9. The Bertz CT molecular complexity index is 780. The maximum atomic E-state index is 12.4. The SMILES string of the molecule is CC12CC3(C)CC(NCC4(Cc5ccccc5)CCOC4)(C1)CC(C(=O)O)(C2)C3. The summed E-state index contributed by atoms with van der Waals surface area (Å²) in [5.41, 5.74) is 1.20. The third-order valence-electron chi connectivity index (χ3n) is 8.49. The van der Waals surface area contributed by atoms with Crippen LogP contribution in [0, 0.1) is 21.7 Å². The zero-order valence-corrected chi connectivity index (χ0v) is 17.9. The van der Waals surface area contributed by atoms with E-state index in [9.17, 15) is 9.90 Å². The summed E-state index contributed by atoms with van der Waals surface area (Å²) < 4.78 is 5.87. The van der Waals surface area contributed by atoms with Crippen LogP contribution >= 0.6 is 0 Å². The predicted molar refractivity (Wildman–Crippen MR) is 113 cm³/mol. The largest absolute Gasteiger partial charge is 0.481 e. The van der Waals surface area contributed by atoms with Gasteiger partial charge in [0.25, 0.3) is 0 Å². The van der Waals surface area contributed by atoms with Crippen molar-refractivity contribution in [3.8, 4) is 0 Å². The van der Waals surface area contributed by atoms with Crippen LogP contribution in [0.4, 0.5) is 0 Å². The van der Waals surface area contributed by atoms with E-state index in [0.29, 0.717) is 0 Å². The average molecular weight is 398 g/mol. The minimum Gasteiger partial charge on any atom is -0.481 e. The summed E-state index contributed by atoms with van der Waals surface area (Å²) in [5, 5.41) is 14.2. The number of hydrogen-bond acceptors (Lipinski definition) is 3. The molecule has 4 nitrogen and oxygen atoms in total. The van der Waals surface area contributed by atoms with Gasteiger partial charge in [-0.3, -0.25) is 4.79 Å². The highest BCUT2D eigenvalue weighted by atomic mass is 16.5. The van der Waals surface area contributed by atoms with Crippen LogP contribution in [0.5, 0.6) is 0 Å². The number of ether oxygens (including phenoxy) is 1. The zero-order chi connectivity index (χ0) is 20.4. The number of benzene rings is 1. The maximum absolute atomic E-state index is 12.4. The molecular weight excluding hydrogens is 362 g/mol. The molecule has 29 heavy (non-hydrogen) atoms. The van der Waals surface area contributed by atoms with Gasteiger partial charge in [-0.1, -0.05) is 44.2 Å². The fourth-order valence-corrected chi connectivity index (χ4v) is 8.50. The van der Waals surface area contributed by atoms with Gasteiger partial charge >= 0.3 is 5.97 Å². The van der Waals surface area contributed by atoms with Crippen molar-refractivity contribution in [2.45, 2.75) is 70.8 Å². The second kappa shape index (κ2) is 6.31. The quantitative estimate of drug-likeness (QED) is 0.746. The molecule has 4 heteroatoms. The summed E-state index contributed by atoms with van der Waals surface area (Å²) in [4.78, 5) is 12.4. The Morgan fingerprint density at radius 2 is 1.72 bits per heavy atom. The summed E-state index contributed by atoms with van der Waals surface area (Å²) >= 11 is 0. The van der Waals surface area contributed by atoms with E-state index in [4.69, 9.17) is 4.74 Å². The molecule has 1 aliphatic heterocycles. The fraction of sp³-hybridized carbons (Fsp3) is 0.720. The van der Waals surface area contributed by atoms with Crippen molar-refractivity contribution in [1.82, 2.24) is 5.32 Å². The second-order valence-corrected chi connectivity index (χ2v) is 11.9. The van der Waals surface area contributed by atoms with Gasteiger partial charge in [-0.15, -0.1) is 0 Å². The molecule has 5 fully saturated rings. The minimum absolute atomic E-state index is 0.0388. The Hall–Kier alpha value is -1.39. The van der Waals surface area contributed by atoms with Crippen molar-refractivity contribution >= 4 is 5.97 Å². The van der Waals surface area contributed by atoms with E-state index in [2.05, 4.69) is 49.5 Å². The Labute approximate surface area is 174 Å². The molecule has 3 unspecified atom stereocenters. The predicted octanol–water partition coefficient (Wildman–Crippen LogP) is 4.43. The van der Waals surface area contributed by atoms with E-state index in [1.54, 1.807) is 0 Å². The van der Waals surface area contributed by atoms with Gasteiger partial charge in [0.05, 0.1) is 12.0 Å². The lowest BCUT2D eigenvalue weighted by Crippen LogP contribution is -2.69. The molecule has 2 N–H and O–H groups in total. The molecular formula is C25H35NO3. The van der Waals surface area contributed by atoms with Crippen molar-refractivity contribution in [3.05, 3.63) is 35.9 Å². The van der Waals surface area contributed by atoms with Crippen LogP contribution in [0.3, 0.4) is 0 Å². The van der Waals surface area contributed by atoms with Gasteiger partial charge in [0.2, 0.25) is 0 Å². The molecule has 4 saturated carbocycles. The van der Waals surface area contributed by atoms with Crippen LogP contribution in [0.25, 0.3) is 0 Å². The maximum Gasteiger partial charge on any atom is 0.309 e. The van der Waals surface area contributed by atoms with Gasteiger partial charge in [0, 0.05) is 24.1 Å². The second-order valence-electron chi connectivity index (χ2n) is 11.9. The molecule has 3 atom stereocenters. The molecule has 0 amide bonds. The lowest BCUT2D eigenvalue weighted by Gasteiger charge is -2.68. The van der Waals surface area contributed by atoms with E-state index in [1.807, 2.05) is 0 Å². The molecule has 1 saturated heterocycles. The Kier molecular flexibility index (Phi) is 4.25. The molecule has 1 aromatic rings. The number of carbonyl (C=O) groups is 1. The number of nitrogens with one attached hydrogen (secondary N) is 1. The minimum atomic E-state index is -0.566. The standard InChI is InChI=1S/C25H35NO3/c1-21-11-22(2)13-24(12-21,20(27)28)16-25(14-21,15-22)26-17-23(8-9-29-18-23)10-19-6-4-3-5-7-19/h3-7,26H,8-18H2,1-2H3,(H,27,28). The number of aliphatic carboxylic acids is 1. The normalized spacial score (nSPS) is 45.6. The topological polar surface area (TPSA) is 58.6 Å². The van der Waals surface area contributed by atoms with E-state index in [-0.39, 0.29) is 21.8 Å². The van der Waals surface area contributed by atoms with Gasteiger partial charge in [0.15, 0.2) is 0 Å². The smallest absolute Gasteiger partial charge is 0.309 e. The van der Waals surface area contributed by atoms with Crippen molar-refractivity contribution in [2.75, 3.05) is 19.8 Å². The number of carboxylic acids is 1. The van der Waals surface area contributed by atoms with Gasteiger partial charge in [-0.2, -0.15) is 0 Å². The first kappa shape index (κ1) is 19.6. The molecule has 158 valence electrons. The van der Waals surface area contributed by atoms with Gasteiger partial charge in [0.1, 0.15) is 0 Å². The van der Waals surface area contributed by atoms with E-state index < -0.39 is 11.4 Å². The summed E-state index contributed by atoms with van der Waals surface area (Å²) in [5.74, 6) is -0.566. The first-order chi connectivity index (χ1) is 13.7. The number of hydrogen-bond donors (Lipinski definition) is 2. The average Bonchev–Trinajstić information content (AvgIpc) is 3.07. The number of carboxylic acid groups (broad SMARTS) is 1. The van der Waals surface area contributed by atoms with Crippen LogP contribution in [0.2, 0.25) is 0 Å². The van der Waals surface area contributed by atoms with E-state index in [1.165, 1.54) is 12.0 Å². The van der Waals surface area contributed by atoms with Crippen LogP contribution in [0.15, 0.2) is 30.3 Å². The first-order valence-corrected chi connectivity index (χ1v) is 11.3. The molecule has 0 spiro atoms.